The van der Waals surface area contributed by atoms with E-state index in [-0.39, 0.29) is 11.8 Å². The quantitative estimate of drug-likeness (QED) is 0.629. The van der Waals surface area contributed by atoms with Gasteiger partial charge in [0.1, 0.15) is 5.88 Å². The van der Waals surface area contributed by atoms with Gasteiger partial charge < -0.3 is 0 Å². The van der Waals surface area contributed by atoms with Crippen LogP contribution < -0.4 is 10.9 Å². The summed E-state index contributed by atoms with van der Waals surface area (Å²) < 4.78 is 0. The molecule has 2 amide bonds. The maximum Gasteiger partial charge on any atom is 0.253 e. The lowest BCUT2D eigenvalue weighted by Gasteiger charge is -2.07. The number of carbonyl (C=O) groups excluding carboxylic acids is 2. The van der Waals surface area contributed by atoms with Crippen molar-refractivity contribution in [3.8, 4) is 0 Å². The van der Waals surface area contributed by atoms with Crippen molar-refractivity contribution < 1.29 is 9.59 Å². The summed E-state index contributed by atoms with van der Waals surface area (Å²) in [6, 6.07) is 7.89. The van der Waals surface area contributed by atoms with Gasteiger partial charge in [-0.25, -0.2) is 0 Å². The highest BCUT2D eigenvalue weighted by Gasteiger charge is 2.05. The molecule has 0 spiro atoms. The molecule has 0 saturated heterocycles. The average Bonchev–Trinajstić information content (AvgIpc) is 2.35. The van der Waals surface area contributed by atoms with Gasteiger partial charge in [-0.1, -0.05) is 24.3 Å². The van der Waals surface area contributed by atoms with Crippen LogP contribution in [0.25, 0.3) is 0 Å². The summed E-state index contributed by atoms with van der Waals surface area (Å²) in [5.41, 5.74) is 6.80. The van der Waals surface area contributed by atoms with Crippen LogP contribution >= 0.6 is 11.6 Å². The van der Waals surface area contributed by atoms with E-state index in [4.69, 9.17) is 11.6 Å². The molecule has 0 unspecified atom stereocenters. The van der Waals surface area contributed by atoms with Gasteiger partial charge in [-0.05, 0) is 24.5 Å². The Morgan fingerprint density at radius 1 is 1.18 bits per heavy atom. The van der Waals surface area contributed by atoms with Gasteiger partial charge in [0, 0.05) is 6.42 Å². The summed E-state index contributed by atoms with van der Waals surface area (Å²) >= 11 is 5.27. The summed E-state index contributed by atoms with van der Waals surface area (Å²) in [5.74, 6) is -0.819. The van der Waals surface area contributed by atoms with E-state index in [0.29, 0.717) is 12.8 Å². The molecule has 0 saturated carbocycles. The Bertz CT molecular complexity index is 407. The molecule has 4 nitrogen and oxygen atoms in total. The highest BCUT2D eigenvalue weighted by Crippen LogP contribution is 2.08. The zero-order valence-electron chi connectivity index (χ0n) is 9.63. The highest BCUT2D eigenvalue weighted by molar-refractivity contribution is 6.27. The molecule has 1 aromatic carbocycles. The number of rotatable bonds is 4. The van der Waals surface area contributed by atoms with Gasteiger partial charge in [-0.2, -0.15) is 0 Å². The first-order valence-corrected chi connectivity index (χ1v) is 5.85. The van der Waals surface area contributed by atoms with Crippen molar-refractivity contribution in [3.63, 3.8) is 0 Å². The Morgan fingerprint density at radius 3 is 2.47 bits per heavy atom. The topological polar surface area (TPSA) is 58.2 Å². The lowest BCUT2D eigenvalue weighted by atomic mass is 10.0. The molecule has 0 heterocycles. The smallest absolute Gasteiger partial charge is 0.253 e. The largest absolute Gasteiger partial charge is 0.273 e. The van der Waals surface area contributed by atoms with Crippen molar-refractivity contribution in [1.82, 2.24) is 10.9 Å². The van der Waals surface area contributed by atoms with E-state index in [1.54, 1.807) is 0 Å². The van der Waals surface area contributed by atoms with Crippen LogP contribution in [0.1, 0.15) is 17.5 Å². The van der Waals surface area contributed by atoms with Gasteiger partial charge in [0.15, 0.2) is 0 Å². The summed E-state index contributed by atoms with van der Waals surface area (Å²) in [4.78, 5) is 22.2. The fourth-order valence-electron chi connectivity index (χ4n) is 1.37. The van der Waals surface area contributed by atoms with E-state index in [1.807, 2.05) is 31.2 Å². The monoisotopic (exact) mass is 254 g/mol. The third-order valence-corrected chi connectivity index (χ3v) is 2.59. The van der Waals surface area contributed by atoms with Gasteiger partial charge in [-0.3, -0.25) is 20.4 Å². The second-order valence-corrected chi connectivity index (χ2v) is 3.92. The minimum atomic E-state index is -0.420. The fourth-order valence-corrected chi connectivity index (χ4v) is 1.44. The van der Waals surface area contributed by atoms with Crippen LogP contribution in [-0.2, 0) is 16.0 Å². The van der Waals surface area contributed by atoms with Crippen LogP contribution in [0.2, 0.25) is 0 Å². The molecule has 0 radical (unpaired) electrons. The molecule has 2 N–H and O–H groups in total. The van der Waals surface area contributed by atoms with Gasteiger partial charge in [-0.15, -0.1) is 11.6 Å². The molecular weight excluding hydrogens is 240 g/mol. The fraction of sp³-hybridized carbons (Fsp3) is 0.333. The van der Waals surface area contributed by atoms with Crippen LogP contribution in [0.15, 0.2) is 24.3 Å². The van der Waals surface area contributed by atoms with Crippen molar-refractivity contribution >= 4 is 23.4 Å². The number of nitrogens with one attached hydrogen (secondary N) is 2. The molecule has 0 aliphatic heterocycles. The molecular formula is C12H15ClN2O2. The number of alkyl halides is 1. The SMILES string of the molecule is Cc1ccccc1CCC(=O)NNC(=O)CCl. The van der Waals surface area contributed by atoms with Crippen LogP contribution in [0.5, 0.6) is 0 Å². The van der Waals surface area contributed by atoms with Crippen LogP contribution in [0.4, 0.5) is 0 Å². The molecule has 17 heavy (non-hydrogen) atoms. The Labute approximate surface area is 105 Å². The summed E-state index contributed by atoms with van der Waals surface area (Å²) in [6.45, 7) is 2.00. The minimum Gasteiger partial charge on any atom is -0.273 e. The van der Waals surface area contributed by atoms with E-state index >= 15 is 0 Å². The van der Waals surface area contributed by atoms with Crippen molar-refractivity contribution in [2.45, 2.75) is 19.8 Å². The first-order valence-electron chi connectivity index (χ1n) is 5.31. The van der Waals surface area contributed by atoms with E-state index in [0.717, 1.165) is 11.1 Å². The molecule has 0 aliphatic carbocycles. The van der Waals surface area contributed by atoms with Crippen molar-refractivity contribution in [2.24, 2.45) is 0 Å². The Morgan fingerprint density at radius 2 is 1.82 bits per heavy atom. The van der Waals surface area contributed by atoms with Crippen molar-refractivity contribution in [2.75, 3.05) is 5.88 Å². The average molecular weight is 255 g/mol. The third-order valence-electron chi connectivity index (χ3n) is 2.35. The first-order chi connectivity index (χ1) is 8.13. The first kappa shape index (κ1) is 13.5. The lowest BCUT2D eigenvalue weighted by molar-refractivity contribution is -0.127. The lowest BCUT2D eigenvalue weighted by Crippen LogP contribution is -2.42. The predicted molar refractivity (Wildman–Crippen MR) is 66.5 cm³/mol. The highest BCUT2D eigenvalue weighted by atomic mass is 35.5. The number of halogens is 1. The zero-order chi connectivity index (χ0) is 12.7. The van der Waals surface area contributed by atoms with Gasteiger partial charge >= 0.3 is 0 Å². The second-order valence-electron chi connectivity index (χ2n) is 3.66. The van der Waals surface area contributed by atoms with E-state index in [1.165, 1.54) is 0 Å². The van der Waals surface area contributed by atoms with Crippen LogP contribution in [0, 0.1) is 6.92 Å². The number of carbonyl (C=O) groups is 2. The molecule has 0 aliphatic rings. The minimum absolute atomic E-state index is 0.169. The van der Waals surface area contributed by atoms with E-state index in [2.05, 4.69) is 10.9 Å². The molecule has 0 bridgehead atoms. The van der Waals surface area contributed by atoms with Crippen LogP contribution in [-0.4, -0.2) is 17.7 Å². The Balaban J connectivity index is 2.34. The standard InChI is InChI=1S/C12H15ClN2O2/c1-9-4-2-3-5-10(9)6-7-11(16)14-15-12(17)8-13/h2-5H,6-8H2,1H3,(H,14,16)(H,15,17). The van der Waals surface area contributed by atoms with Gasteiger partial charge in [0.2, 0.25) is 5.91 Å². The maximum atomic E-state index is 11.4. The van der Waals surface area contributed by atoms with Gasteiger partial charge in [0.25, 0.3) is 5.91 Å². The number of hydrazine groups is 1. The molecule has 1 rings (SSSR count). The molecule has 1 aromatic rings. The maximum absolute atomic E-state index is 11.4. The predicted octanol–water partition coefficient (Wildman–Crippen LogP) is 1.31. The molecule has 0 aromatic heterocycles. The number of amides is 2. The molecule has 0 fully saturated rings. The second kappa shape index (κ2) is 6.91. The normalized spacial score (nSPS) is 9.76. The molecule has 92 valence electrons. The Hall–Kier alpha value is -1.55. The van der Waals surface area contributed by atoms with E-state index < -0.39 is 5.91 Å². The van der Waals surface area contributed by atoms with E-state index in [9.17, 15) is 9.59 Å². The molecule has 0 atom stereocenters. The summed E-state index contributed by atoms with van der Waals surface area (Å²) in [5, 5.41) is 0. The van der Waals surface area contributed by atoms with Crippen molar-refractivity contribution in [1.29, 1.82) is 0 Å². The van der Waals surface area contributed by atoms with Gasteiger partial charge in [0.05, 0.1) is 0 Å². The molecule has 5 heteroatoms. The zero-order valence-corrected chi connectivity index (χ0v) is 10.4. The summed E-state index contributed by atoms with van der Waals surface area (Å²) in [6.07, 6.45) is 0.975. The summed E-state index contributed by atoms with van der Waals surface area (Å²) in [7, 11) is 0. The number of benzene rings is 1. The Kier molecular flexibility index (Phi) is 5.49. The number of aryl methyl sites for hydroxylation is 2. The van der Waals surface area contributed by atoms with Crippen molar-refractivity contribution in [3.05, 3.63) is 35.4 Å². The third kappa shape index (κ3) is 4.87. The van der Waals surface area contributed by atoms with Crippen LogP contribution in [0.3, 0.4) is 0 Å². The number of hydrogen-bond acceptors (Lipinski definition) is 2. The number of hydrogen-bond donors (Lipinski definition) is 2.